The van der Waals surface area contributed by atoms with E-state index in [1.807, 2.05) is 17.2 Å². The van der Waals surface area contributed by atoms with E-state index in [2.05, 4.69) is 53.6 Å². The maximum Gasteiger partial charge on any atom is 0.305 e. The van der Waals surface area contributed by atoms with Gasteiger partial charge >= 0.3 is 5.97 Å². The van der Waals surface area contributed by atoms with Crippen LogP contribution in [0.2, 0.25) is 5.02 Å². The first-order valence-electron chi connectivity index (χ1n) is 16.0. The fourth-order valence-electron chi connectivity index (χ4n) is 7.26. The van der Waals surface area contributed by atoms with Crippen molar-refractivity contribution in [1.82, 2.24) is 14.8 Å². The van der Waals surface area contributed by atoms with Gasteiger partial charge in [-0.15, -0.1) is 0 Å². The van der Waals surface area contributed by atoms with E-state index >= 15 is 0 Å². The number of esters is 1. The molecule has 1 aliphatic carbocycles. The van der Waals surface area contributed by atoms with Crippen molar-refractivity contribution in [3.63, 3.8) is 0 Å². The second-order valence-electron chi connectivity index (χ2n) is 12.5. The van der Waals surface area contributed by atoms with Gasteiger partial charge in [0, 0.05) is 71.5 Å². The van der Waals surface area contributed by atoms with Crippen LogP contribution in [0.15, 0.2) is 33.3 Å². The zero-order chi connectivity index (χ0) is 31.2. The molecule has 0 spiro atoms. The molecule has 2 aromatic rings. The van der Waals surface area contributed by atoms with Crippen LogP contribution in [0.1, 0.15) is 92.5 Å². The van der Waals surface area contributed by atoms with E-state index in [-0.39, 0.29) is 23.7 Å². The van der Waals surface area contributed by atoms with Gasteiger partial charge in [0.05, 0.1) is 12.8 Å². The molecule has 2 amide bonds. The number of likely N-dealkylation sites (tertiary alicyclic amines) is 2. The Morgan fingerprint density at radius 3 is 2.27 bits per heavy atom. The number of unbranched alkanes of at least 4 members (excludes halogenated alkanes) is 2. The highest BCUT2D eigenvalue weighted by atomic mass is 79.9. The van der Waals surface area contributed by atoms with Crippen LogP contribution < -0.4 is 0 Å². The van der Waals surface area contributed by atoms with Crippen LogP contribution in [0.3, 0.4) is 0 Å². The molecule has 3 heterocycles. The monoisotopic (exact) mass is 749 g/mol. The predicted molar refractivity (Wildman–Crippen MR) is 179 cm³/mol. The molecule has 0 bridgehead atoms. The molecule has 0 radical (unpaired) electrons. The number of aromatic nitrogens is 1. The number of nitrogens with zero attached hydrogens (tertiary/aromatic N) is 3. The Morgan fingerprint density at radius 2 is 1.55 bits per heavy atom. The summed E-state index contributed by atoms with van der Waals surface area (Å²) in [6.07, 6.45) is 11.3. The summed E-state index contributed by atoms with van der Waals surface area (Å²) in [5.41, 5.74) is 5.02. The third kappa shape index (κ3) is 8.24. The van der Waals surface area contributed by atoms with Crippen LogP contribution in [0, 0.1) is 11.8 Å². The smallest absolute Gasteiger partial charge is 0.305 e. The lowest BCUT2D eigenvalue weighted by Crippen LogP contribution is -2.43. The number of amides is 2. The fraction of sp³-hybridized carbons (Fsp3) is 0.588. The number of hydrogen-bond donors (Lipinski definition) is 0. The third-order valence-corrected chi connectivity index (χ3v) is 11.0. The lowest BCUT2D eigenvalue weighted by atomic mass is 9.76. The number of benzene rings is 1. The van der Waals surface area contributed by atoms with Crippen LogP contribution in [0.5, 0.6) is 0 Å². The second-order valence-corrected chi connectivity index (χ2v) is 14.7. The molecule has 2 aliphatic heterocycles. The van der Waals surface area contributed by atoms with Gasteiger partial charge < -0.3 is 14.5 Å². The molecular weight excluding hydrogens is 710 g/mol. The number of pyridine rings is 1. The molecule has 0 unspecified atom stereocenters. The van der Waals surface area contributed by atoms with Gasteiger partial charge in [-0.25, -0.2) is 0 Å². The lowest BCUT2D eigenvalue weighted by molar-refractivity contribution is -0.140. The molecule has 0 saturated carbocycles. The SMILES string of the molecule is COC(=O)CCCCCC(=O)N1CCC(CC(=O)N2CCC([C@H]3c4ncc(Br)cc4CCc4cc(Cl)cc(Br)c43)CC2)CC1. The zero-order valence-corrected chi connectivity index (χ0v) is 29.4. The van der Waals surface area contributed by atoms with Gasteiger partial charge in [-0.1, -0.05) is 34.0 Å². The number of rotatable bonds is 9. The molecule has 3 aliphatic rings. The number of aryl methyl sites for hydroxylation is 2. The number of carbonyl (C=O) groups excluding carboxylic acids is 3. The van der Waals surface area contributed by atoms with Gasteiger partial charge in [0.25, 0.3) is 0 Å². The molecule has 10 heteroatoms. The van der Waals surface area contributed by atoms with Gasteiger partial charge in [0.2, 0.25) is 11.8 Å². The van der Waals surface area contributed by atoms with E-state index in [0.717, 1.165) is 104 Å². The van der Waals surface area contributed by atoms with Gasteiger partial charge in [-0.3, -0.25) is 19.4 Å². The van der Waals surface area contributed by atoms with E-state index in [0.29, 0.717) is 31.1 Å². The van der Waals surface area contributed by atoms with E-state index in [1.54, 1.807) is 0 Å². The molecule has 0 N–H and O–H groups in total. The highest BCUT2D eigenvalue weighted by Crippen LogP contribution is 2.46. The summed E-state index contributed by atoms with van der Waals surface area (Å²) in [5, 5.41) is 0.748. The first-order chi connectivity index (χ1) is 21.2. The maximum atomic E-state index is 13.4. The highest BCUT2D eigenvalue weighted by molar-refractivity contribution is 9.10. The van der Waals surface area contributed by atoms with E-state index < -0.39 is 0 Å². The Morgan fingerprint density at radius 1 is 0.886 bits per heavy atom. The molecular formula is C34H42Br2ClN3O4. The minimum absolute atomic E-state index is 0.161. The average Bonchev–Trinajstić information content (AvgIpc) is 3.17. The molecule has 2 fully saturated rings. The summed E-state index contributed by atoms with van der Waals surface area (Å²) in [7, 11) is 1.40. The summed E-state index contributed by atoms with van der Waals surface area (Å²) in [5.74, 6) is 1.11. The first-order valence-corrected chi connectivity index (χ1v) is 17.9. The number of piperidine rings is 2. The summed E-state index contributed by atoms with van der Waals surface area (Å²) in [4.78, 5) is 46.3. The first kappa shape index (κ1) is 33.4. The maximum absolute atomic E-state index is 13.4. The van der Waals surface area contributed by atoms with Gasteiger partial charge in [0.1, 0.15) is 0 Å². The topological polar surface area (TPSA) is 79.8 Å². The Hall–Kier alpha value is -1.97. The summed E-state index contributed by atoms with van der Waals surface area (Å²) >= 11 is 13.9. The van der Waals surface area contributed by atoms with Crippen molar-refractivity contribution in [2.45, 2.75) is 83.0 Å². The summed E-state index contributed by atoms with van der Waals surface area (Å²) in [6, 6.07) is 6.32. The Bertz CT molecular complexity index is 1360. The van der Waals surface area contributed by atoms with E-state index in [9.17, 15) is 14.4 Å². The standard InChI is InChI=1S/C34H42Br2ClN3O4/c1-44-31(43)6-4-2-3-5-29(41)39-13-9-22(10-14-39)17-30(42)40-15-11-23(12-16-40)33-32-24(19-27(37)20-28(32)36)7-8-25-18-26(35)21-38-34(25)33/h18-23,33H,2-17H2,1H3/t33-/m1/s1. The molecule has 44 heavy (non-hydrogen) atoms. The zero-order valence-electron chi connectivity index (χ0n) is 25.5. The Kier molecular flexibility index (Phi) is 11.8. The molecule has 2 saturated heterocycles. The van der Waals surface area contributed by atoms with Gasteiger partial charge in [-0.05, 0) is 114 Å². The number of ether oxygens (including phenoxy) is 1. The van der Waals surface area contributed by atoms with Crippen molar-refractivity contribution in [2.75, 3.05) is 33.3 Å². The van der Waals surface area contributed by atoms with Crippen LogP contribution in [-0.2, 0) is 32.0 Å². The Labute approximate surface area is 282 Å². The summed E-state index contributed by atoms with van der Waals surface area (Å²) < 4.78 is 6.71. The summed E-state index contributed by atoms with van der Waals surface area (Å²) in [6.45, 7) is 2.98. The molecule has 1 aromatic carbocycles. The van der Waals surface area contributed by atoms with Crippen molar-refractivity contribution in [3.8, 4) is 0 Å². The van der Waals surface area contributed by atoms with Crippen LogP contribution in [0.25, 0.3) is 0 Å². The minimum atomic E-state index is -0.196. The van der Waals surface area contributed by atoms with Crippen LogP contribution in [0.4, 0.5) is 0 Å². The van der Waals surface area contributed by atoms with Crippen molar-refractivity contribution in [1.29, 1.82) is 0 Å². The number of fused-ring (bicyclic) bond motifs is 2. The van der Waals surface area contributed by atoms with Crippen LogP contribution in [-0.4, -0.2) is 65.9 Å². The molecule has 7 nitrogen and oxygen atoms in total. The van der Waals surface area contributed by atoms with Crippen molar-refractivity contribution in [3.05, 3.63) is 60.7 Å². The Balaban J connectivity index is 1.12. The van der Waals surface area contributed by atoms with E-state index in [1.165, 1.54) is 23.8 Å². The van der Waals surface area contributed by atoms with Crippen molar-refractivity contribution >= 4 is 61.2 Å². The van der Waals surface area contributed by atoms with Crippen molar-refractivity contribution in [2.24, 2.45) is 11.8 Å². The number of methoxy groups -OCH3 is 1. The lowest BCUT2D eigenvalue weighted by Gasteiger charge is -2.38. The molecule has 238 valence electrons. The molecule has 1 aromatic heterocycles. The highest BCUT2D eigenvalue weighted by Gasteiger charge is 2.37. The average molecular weight is 752 g/mol. The number of carbonyl (C=O) groups is 3. The number of hydrogen-bond acceptors (Lipinski definition) is 5. The predicted octanol–water partition coefficient (Wildman–Crippen LogP) is 7.48. The van der Waals surface area contributed by atoms with Gasteiger partial charge in [-0.2, -0.15) is 0 Å². The second kappa shape index (κ2) is 15.5. The third-order valence-electron chi connectivity index (χ3n) is 9.71. The quantitative estimate of drug-likeness (QED) is 0.196. The number of halogens is 3. The van der Waals surface area contributed by atoms with E-state index in [4.69, 9.17) is 16.6 Å². The fourth-order valence-corrected chi connectivity index (χ4v) is 8.76. The minimum Gasteiger partial charge on any atom is -0.469 e. The largest absolute Gasteiger partial charge is 0.469 e. The molecule has 5 rings (SSSR count). The van der Waals surface area contributed by atoms with Crippen molar-refractivity contribution < 1.29 is 19.1 Å². The van der Waals surface area contributed by atoms with Crippen LogP contribution >= 0.6 is 43.5 Å². The normalized spacial score (nSPS) is 19.2. The van der Waals surface area contributed by atoms with Gasteiger partial charge in [0.15, 0.2) is 0 Å². The molecule has 1 atom stereocenters.